The van der Waals surface area contributed by atoms with Crippen LogP contribution in [-0.2, 0) is 23.2 Å². The normalized spacial score (nSPS) is 11.4. The highest BCUT2D eigenvalue weighted by Gasteiger charge is 2.17. The van der Waals surface area contributed by atoms with Gasteiger partial charge in [0.05, 0.1) is 5.75 Å². The third-order valence-electron chi connectivity index (χ3n) is 5.44. The van der Waals surface area contributed by atoms with Crippen LogP contribution in [0.15, 0.2) is 53.7 Å². The standard InChI is InChI=1S/C26H32N4O2S/c1-6-30-24(21-11-13-22(14-12-21)26(3,4)5)28-29-25(30)33-17-23(32)20-9-7-19(8-10-20)15-16-27-18(2)31/h7-14H,6,15-17H2,1-5H3,(H,27,31). The number of Topliss-reactive ketones (excluding diaryl/α,β-unsaturated/α-hetero) is 1. The van der Waals surface area contributed by atoms with E-state index in [1.165, 1.54) is 24.2 Å². The van der Waals surface area contributed by atoms with E-state index in [-0.39, 0.29) is 17.1 Å². The van der Waals surface area contributed by atoms with Crippen LogP contribution >= 0.6 is 11.8 Å². The molecule has 33 heavy (non-hydrogen) atoms. The van der Waals surface area contributed by atoms with Gasteiger partial charge in [-0.1, -0.05) is 81.1 Å². The van der Waals surface area contributed by atoms with Crippen molar-refractivity contribution in [1.29, 1.82) is 0 Å². The average Bonchev–Trinajstić information content (AvgIpc) is 3.20. The maximum Gasteiger partial charge on any atom is 0.216 e. The molecule has 0 unspecified atom stereocenters. The zero-order chi connectivity index (χ0) is 24.0. The van der Waals surface area contributed by atoms with E-state index in [4.69, 9.17) is 0 Å². The second kappa shape index (κ2) is 10.8. The monoisotopic (exact) mass is 464 g/mol. The molecule has 0 atom stereocenters. The summed E-state index contributed by atoms with van der Waals surface area (Å²) >= 11 is 1.41. The molecule has 3 aromatic rings. The number of ketones is 1. The molecule has 0 spiro atoms. The summed E-state index contributed by atoms with van der Waals surface area (Å²) in [7, 11) is 0. The van der Waals surface area contributed by atoms with Crippen LogP contribution in [0.5, 0.6) is 0 Å². The van der Waals surface area contributed by atoms with E-state index in [2.05, 4.69) is 72.0 Å². The highest BCUT2D eigenvalue weighted by molar-refractivity contribution is 7.99. The number of carbonyl (C=O) groups excluding carboxylic acids is 2. The van der Waals surface area contributed by atoms with Crippen LogP contribution in [0.1, 0.15) is 56.1 Å². The smallest absolute Gasteiger partial charge is 0.216 e. The fourth-order valence-corrected chi connectivity index (χ4v) is 4.36. The third kappa shape index (κ3) is 6.54. The summed E-state index contributed by atoms with van der Waals surface area (Å²) in [5.74, 6) is 1.13. The molecule has 0 aliphatic carbocycles. The highest BCUT2D eigenvalue weighted by Crippen LogP contribution is 2.28. The van der Waals surface area contributed by atoms with Crippen molar-refractivity contribution >= 4 is 23.5 Å². The van der Waals surface area contributed by atoms with Crippen LogP contribution in [0.2, 0.25) is 0 Å². The van der Waals surface area contributed by atoms with Gasteiger partial charge in [-0.05, 0) is 29.9 Å². The Morgan fingerprint density at radius 1 is 1.00 bits per heavy atom. The maximum absolute atomic E-state index is 12.7. The molecule has 0 fully saturated rings. The van der Waals surface area contributed by atoms with Gasteiger partial charge in [-0.25, -0.2) is 0 Å². The van der Waals surface area contributed by atoms with Crippen LogP contribution in [0.4, 0.5) is 0 Å². The number of nitrogens with zero attached hydrogens (tertiary/aromatic N) is 3. The molecule has 2 aromatic carbocycles. The molecule has 1 heterocycles. The summed E-state index contributed by atoms with van der Waals surface area (Å²) < 4.78 is 2.05. The van der Waals surface area contributed by atoms with Crippen LogP contribution in [0.25, 0.3) is 11.4 Å². The van der Waals surface area contributed by atoms with E-state index in [9.17, 15) is 9.59 Å². The first-order chi connectivity index (χ1) is 15.7. The van der Waals surface area contributed by atoms with Crippen LogP contribution in [0, 0.1) is 0 Å². The second-order valence-electron chi connectivity index (χ2n) is 9.02. The van der Waals surface area contributed by atoms with Gasteiger partial charge in [0, 0.05) is 31.1 Å². The molecule has 0 bridgehead atoms. The lowest BCUT2D eigenvalue weighted by molar-refractivity contribution is -0.118. The number of carbonyl (C=O) groups is 2. The zero-order valence-corrected chi connectivity index (χ0v) is 20.8. The minimum Gasteiger partial charge on any atom is -0.356 e. The molecule has 1 aromatic heterocycles. The summed E-state index contributed by atoms with van der Waals surface area (Å²) in [6, 6.07) is 16.0. The molecule has 1 N–H and O–H groups in total. The van der Waals surface area contributed by atoms with Crippen molar-refractivity contribution in [3.05, 3.63) is 65.2 Å². The van der Waals surface area contributed by atoms with Crippen LogP contribution < -0.4 is 5.32 Å². The van der Waals surface area contributed by atoms with E-state index in [1.807, 2.05) is 24.3 Å². The van der Waals surface area contributed by atoms with Gasteiger partial charge < -0.3 is 9.88 Å². The predicted octanol–water partition coefficient (Wildman–Crippen LogP) is 4.92. The van der Waals surface area contributed by atoms with Crippen molar-refractivity contribution < 1.29 is 9.59 Å². The van der Waals surface area contributed by atoms with E-state index in [0.717, 1.165) is 35.1 Å². The van der Waals surface area contributed by atoms with Gasteiger partial charge in [0.15, 0.2) is 16.8 Å². The Labute approximate surface area is 200 Å². The van der Waals surface area contributed by atoms with E-state index < -0.39 is 0 Å². The fourth-order valence-electron chi connectivity index (χ4n) is 3.47. The van der Waals surface area contributed by atoms with Crippen molar-refractivity contribution in [3.63, 3.8) is 0 Å². The summed E-state index contributed by atoms with van der Waals surface area (Å²) in [5, 5.41) is 12.3. The molecule has 7 heteroatoms. The van der Waals surface area contributed by atoms with Gasteiger partial charge >= 0.3 is 0 Å². The minimum atomic E-state index is -0.0381. The first kappa shape index (κ1) is 24.7. The van der Waals surface area contributed by atoms with Crippen LogP contribution in [0.3, 0.4) is 0 Å². The number of hydrogen-bond acceptors (Lipinski definition) is 5. The van der Waals surface area contributed by atoms with Gasteiger partial charge in [0.25, 0.3) is 0 Å². The van der Waals surface area contributed by atoms with Gasteiger partial charge in [-0.15, -0.1) is 10.2 Å². The molecule has 0 aliphatic heterocycles. The Morgan fingerprint density at radius 3 is 2.24 bits per heavy atom. The number of nitrogens with one attached hydrogen (secondary N) is 1. The number of amides is 1. The first-order valence-corrected chi connectivity index (χ1v) is 12.2. The van der Waals surface area contributed by atoms with E-state index in [1.54, 1.807) is 0 Å². The lowest BCUT2D eigenvalue weighted by Crippen LogP contribution is -2.22. The SMILES string of the molecule is CCn1c(SCC(=O)c2ccc(CCNC(C)=O)cc2)nnc1-c1ccc(C(C)(C)C)cc1. The minimum absolute atomic E-state index is 0.0381. The lowest BCUT2D eigenvalue weighted by Gasteiger charge is -2.19. The topological polar surface area (TPSA) is 76.9 Å². The second-order valence-corrected chi connectivity index (χ2v) is 9.96. The third-order valence-corrected chi connectivity index (χ3v) is 6.40. The van der Waals surface area contributed by atoms with Crippen molar-refractivity contribution in [2.75, 3.05) is 12.3 Å². The zero-order valence-electron chi connectivity index (χ0n) is 20.0. The molecule has 0 saturated carbocycles. The number of thioether (sulfide) groups is 1. The van der Waals surface area contributed by atoms with Gasteiger partial charge in [0.2, 0.25) is 5.91 Å². The average molecular weight is 465 g/mol. The fraction of sp³-hybridized carbons (Fsp3) is 0.385. The van der Waals surface area contributed by atoms with Crippen LogP contribution in [-0.4, -0.2) is 38.8 Å². The number of aromatic nitrogens is 3. The molecular weight excluding hydrogens is 432 g/mol. The molecule has 174 valence electrons. The summed E-state index contributed by atoms with van der Waals surface area (Å²) in [5.41, 5.74) is 4.15. The summed E-state index contributed by atoms with van der Waals surface area (Å²) in [6.45, 7) is 11.5. The Hall–Kier alpha value is -2.93. The number of hydrogen-bond donors (Lipinski definition) is 1. The Morgan fingerprint density at radius 2 is 1.67 bits per heavy atom. The molecule has 0 radical (unpaired) electrons. The summed E-state index contributed by atoms with van der Waals surface area (Å²) in [4.78, 5) is 23.7. The first-order valence-electron chi connectivity index (χ1n) is 11.2. The lowest BCUT2D eigenvalue weighted by atomic mass is 9.87. The highest BCUT2D eigenvalue weighted by atomic mass is 32.2. The van der Waals surface area contributed by atoms with Gasteiger partial charge in [0.1, 0.15) is 0 Å². The van der Waals surface area contributed by atoms with E-state index in [0.29, 0.717) is 17.9 Å². The summed E-state index contributed by atoms with van der Waals surface area (Å²) in [6.07, 6.45) is 0.738. The molecule has 0 aliphatic rings. The largest absolute Gasteiger partial charge is 0.356 e. The van der Waals surface area contributed by atoms with E-state index >= 15 is 0 Å². The molecule has 3 rings (SSSR count). The van der Waals surface area contributed by atoms with Crippen molar-refractivity contribution in [1.82, 2.24) is 20.1 Å². The predicted molar refractivity (Wildman–Crippen MR) is 134 cm³/mol. The maximum atomic E-state index is 12.7. The Balaban J connectivity index is 1.64. The quantitative estimate of drug-likeness (QED) is 0.359. The molecular formula is C26H32N4O2S. The van der Waals surface area contributed by atoms with Crippen molar-refractivity contribution in [3.8, 4) is 11.4 Å². The van der Waals surface area contributed by atoms with Crippen molar-refractivity contribution in [2.24, 2.45) is 0 Å². The number of benzene rings is 2. The number of rotatable bonds is 9. The van der Waals surface area contributed by atoms with Gasteiger partial charge in [-0.3, -0.25) is 9.59 Å². The Kier molecular flexibility index (Phi) is 8.08. The molecule has 1 amide bonds. The Bertz CT molecular complexity index is 1100. The van der Waals surface area contributed by atoms with Crippen molar-refractivity contribution in [2.45, 2.75) is 58.2 Å². The van der Waals surface area contributed by atoms with Gasteiger partial charge in [-0.2, -0.15) is 0 Å². The molecule has 0 saturated heterocycles. The molecule has 6 nitrogen and oxygen atoms in total.